The summed E-state index contributed by atoms with van der Waals surface area (Å²) in [6, 6.07) is 19.0. The molecule has 2 aromatic rings. The summed E-state index contributed by atoms with van der Waals surface area (Å²) in [5.41, 5.74) is 8.08. The van der Waals surface area contributed by atoms with Gasteiger partial charge >= 0.3 is 0 Å². The summed E-state index contributed by atoms with van der Waals surface area (Å²) < 4.78 is 0. The Kier molecular flexibility index (Phi) is 7.16. The summed E-state index contributed by atoms with van der Waals surface area (Å²) in [6.45, 7) is 8.95. The van der Waals surface area contributed by atoms with Crippen LogP contribution in [0.15, 0.2) is 101 Å². The molecular formula is C32H38N2O. The number of carbonyl (C=O) groups excluding carboxylic acids is 1. The number of amides is 1. The third-order valence-corrected chi connectivity index (χ3v) is 7.46. The van der Waals surface area contributed by atoms with E-state index in [9.17, 15) is 4.79 Å². The SMILES string of the molecule is CNC1=CC=C(C2=C(C(=O)N(C)c3ccccc3)C(C)C(c3ccc(C(C)(C)C)cc3)C2)C=CC1. The van der Waals surface area contributed by atoms with E-state index in [-0.39, 0.29) is 23.2 Å². The molecular weight excluding hydrogens is 428 g/mol. The van der Waals surface area contributed by atoms with Gasteiger partial charge in [0.1, 0.15) is 0 Å². The maximum atomic E-state index is 14.0. The van der Waals surface area contributed by atoms with Crippen molar-refractivity contribution in [3.8, 4) is 0 Å². The smallest absolute Gasteiger partial charge is 0.254 e. The molecule has 2 aliphatic carbocycles. The van der Waals surface area contributed by atoms with E-state index in [0.717, 1.165) is 29.7 Å². The van der Waals surface area contributed by atoms with Crippen LogP contribution in [0, 0.1) is 5.92 Å². The first-order chi connectivity index (χ1) is 16.7. The third kappa shape index (κ3) is 5.19. The second-order valence-corrected chi connectivity index (χ2v) is 10.7. The number of nitrogens with zero attached hydrogens (tertiary/aromatic N) is 1. The lowest BCUT2D eigenvalue weighted by atomic mass is 9.82. The van der Waals surface area contributed by atoms with E-state index >= 15 is 0 Å². The van der Waals surface area contributed by atoms with Crippen LogP contribution >= 0.6 is 0 Å². The number of para-hydroxylation sites is 1. The van der Waals surface area contributed by atoms with Crippen LogP contribution in [0.25, 0.3) is 0 Å². The Bertz CT molecular complexity index is 1190. The molecule has 2 aromatic carbocycles. The molecule has 182 valence electrons. The summed E-state index contributed by atoms with van der Waals surface area (Å²) in [7, 11) is 3.84. The van der Waals surface area contributed by atoms with Crippen molar-refractivity contribution in [2.75, 3.05) is 19.0 Å². The van der Waals surface area contributed by atoms with E-state index in [1.807, 2.05) is 44.4 Å². The summed E-state index contributed by atoms with van der Waals surface area (Å²) in [4.78, 5) is 15.8. The van der Waals surface area contributed by atoms with Gasteiger partial charge in [0, 0.05) is 37.5 Å². The van der Waals surface area contributed by atoms with E-state index in [4.69, 9.17) is 0 Å². The van der Waals surface area contributed by atoms with Gasteiger partial charge in [0.15, 0.2) is 0 Å². The average Bonchev–Trinajstić information content (AvgIpc) is 3.03. The van der Waals surface area contributed by atoms with Crippen molar-refractivity contribution in [3.05, 3.63) is 112 Å². The lowest BCUT2D eigenvalue weighted by Crippen LogP contribution is -2.30. The summed E-state index contributed by atoms with van der Waals surface area (Å²) >= 11 is 0. The van der Waals surface area contributed by atoms with Crippen molar-refractivity contribution in [1.82, 2.24) is 5.32 Å². The highest BCUT2D eigenvalue weighted by Crippen LogP contribution is 2.47. The first-order valence-electron chi connectivity index (χ1n) is 12.6. The minimum absolute atomic E-state index is 0.0869. The number of anilines is 1. The molecule has 4 rings (SSSR count). The Morgan fingerprint density at radius 2 is 1.69 bits per heavy atom. The topological polar surface area (TPSA) is 32.3 Å². The van der Waals surface area contributed by atoms with Gasteiger partial charge in [-0.25, -0.2) is 0 Å². The van der Waals surface area contributed by atoms with Crippen LogP contribution in [0.3, 0.4) is 0 Å². The Balaban J connectivity index is 1.74. The molecule has 2 unspecified atom stereocenters. The summed E-state index contributed by atoms with van der Waals surface area (Å²) in [5, 5.41) is 3.26. The van der Waals surface area contributed by atoms with E-state index in [1.54, 1.807) is 4.90 Å². The van der Waals surface area contributed by atoms with Crippen LogP contribution in [0.4, 0.5) is 5.69 Å². The predicted octanol–water partition coefficient (Wildman–Crippen LogP) is 7.06. The van der Waals surface area contributed by atoms with Crippen molar-refractivity contribution in [2.24, 2.45) is 5.92 Å². The Morgan fingerprint density at radius 1 is 1.00 bits per heavy atom. The van der Waals surface area contributed by atoms with Gasteiger partial charge in [-0.05, 0) is 64.2 Å². The summed E-state index contributed by atoms with van der Waals surface area (Å²) in [6.07, 6.45) is 10.4. The fourth-order valence-electron chi connectivity index (χ4n) is 5.18. The maximum absolute atomic E-state index is 14.0. The van der Waals surface area contributed by atoms with Crippen LogP contribution in [0.2, 0.25) is 0 Å². The molecule has 0 radical (unpaired) electrons. The number of carbonyl (C=O) groups is 1. The average molecular weight is 467 g/mol. The predicted molar refractivity (Wildman–Crippen MR) is 148 cm³/mol. The van der Waals surface area contributed by atoms with E-state index < -0.39 is 0 Å². The monoisotopic (exact) mass is 466 g/mol. The molecule has 0 aliphatic heterocycles. The zero-order valence-electron chi connectivity index (χ0n) is 21.9. The molecule has 1 amide bonds. The Morgan fingerprint density at radius 3 is 2.31 bits per heavy atom. The minimum Gasteiger partial charge on any atom is -0.391 e. The van der Waals surface area contributed by atoms with Crippen molar-refractivity contribution in [1.29, 1.82) is 0 Å². The van der Waals surface area contributed by atoms with Gasteiger partial charge in [0.25, 0.3) is 5.91 Å². The third-order valence-electron chi connectivity index (χ3n) is 7.46. The van der Waals surface area contributed by atoms with Gasteiger partial charge in [0.05, 0.1) is 0 Å². The highest BCUT2D eigenvalue weighted by atomic mass is 16.2. The second kappa shape index (κ2) is 10.1. The van der Waals surface area contributed by atoms with E-state index in [1.165, 1.54) is 22.4 Å². The standard InChI is InChI=1S/C32H38N2O/c1-22-28(24-15-18-25(19-16-24)32(2,3)4)21-29(23-11-10-12-26(33-5)20-17-23)30(22)31(35)34(6)27-13-8-7-9-14-27/h7-11,13-20,22,28,33H,12,21H2,1-6H3. The van der Waals surface area contributed by atoms with E-state index in [2.05, 4.69) is 81.6 Å². The van der Waals surface area contributed by atoms with Crippen molar-refractivity contribution >= 4 is 11.6 Å². The molecule has 0 aromatic heterocycles. The number of nitrogens with one attached hydrogen (secondary N) is 1. The van der Waals surface area contributed by atoms with Crippen molar-refractivity contribution < 1.29 is 4.79 Å². The van der Waals surface area contributed by atoms with Crippen LogP contribution < -0.4 is 10.2 Å². The maximum Gasteiger partial charge on any atom is 0.254 e. The Hall–Kier alpha value is -3.33. The first kappa shape index (κ1) is 24.8. The lowest BCUT2D eigenvalue weighted by molar-refractivity contribution is -0.115. The van der Waals surface area contributed by atoms with Crippen molar-refractivity contribution in [2.45, 2.75) is 51.9 Å². The summed E-state index contributed by atoms with van der Waals surface area (Å²) in [5.74, 6) is 0.478. The highest BCUT2D eigenvalue weighted by Gasteiger charge is 2.38. The molecule has 0 saturated carbocycles. The largest absolute Gasteiger partial charge is 0.391 e. The molecule has 1 N–H and O–H groups in total. The zero-order chi connectivity index (χ0) is 25.2. The number of allylic oxidation sites excluding steroid dienone is 6. The van der Waals surface area contributed by atoms with E-state index in [0.29, 0.717) is 0 Å². The molecule has 3 nitrogen and oxygen atoms in total. The quantitative estimate of drug-likeness (QED) is 0.512. The lowest BCUT2D eigenvalue weighted by Gasteiger charge is -2.24. The van der Waals surface area contributed by atoms with Crippen LogP contribution in [0.5, 0.6) is 0 Å². The molecule has 2 aliphatic rings. The van der Waals surface area contributed by atoms with Crippen LogP contribution in [-0.2, 0) is 10.2 Å². The van der Waals surface area contributed by atoms with Gasteiger partial charge < -0.3 is 10.2 Å². The number of rotatable bonds is 5. The Labute approximate surface area is 210 Å². The van der Waals surface area contributed by atoms with Gasteiger partial charge in [-0.15, -0.1) is 0 Å². The van der Waals surface area contributed by atoms with Gasteiger partial charge in [0.2, 0.25) is 0 Å². The molecule has 2 atom stereocenters. The normalized spacial score (nSPS) is 20.3. The molecule has 35 heavy (non-hydrogen) atoms. The number of hydrogen-bond acceptors (Lipinski definition) is 2. The molecule has 0 bridgehead atoms. The first-order valence-corrected chi connectivity index (χ1v) is 12.6. The fourth-order valence-corrected chi connectivity index (χ4v) is 5.18. The molecule has 0 saturated heterocycles. The van der Waals surface area contributed by atoms with Gasteiger partial charge in [-0.2, -0.15) is 0 Å². The molecule has 0 heterocycles. The highest BCUT2D eigenvalue weighted by molar-refractivity contribution is 6.07. The molecule has 0 fully saturated rings. The van der Waals surface area contributed by atoms with Gasteiger partial charge in [-0.1, -0.05) is 88.4 Å². The van der Waals surface area contributed by atoms with Crippen LogP contribution in [0.1, 0.15) is 57.6 Å². The fraction of sp³-hybridized carbons (Fsp3) is 0.344. The minimum atomic E-state index is 0.0869. The number of benzene rings is 2. The number of likely N-dealkylation sites (N-methyl/N-ethyl adjacent to an activating group) is 1. The van der Waals surface area contributed by atoms with Gasteiger partial charge in [-0.3, -0.25) is 4.79 Å². The number of hydrogen-bond donors (Lipinski definition) is 1. The van der Waals surface area contributed by atoms with Crippen molar-refractivity contribution in [3.63, 3.8) is 0 Å². The molecule has 3 heteroatoms. The zero-order valence-corrected chi connectivity index (χ0v) is 21.9. The van der Waals surface area contributed by atoms with Crippen LogP contribution in [-0.4, -0.2) is 20.0 Å². The second-order valence-electron chi connectivity index (χ2n) is 10.7. The molecule has 0 spiro atoms.